The highest BCUT2D eigenvalue weighted by molar-refractivity contribution is 6.30. The van der Waals surface area contributed by atoms with Gasteiger partial charge >= 0.3 is 0 Å². The third-order valence-electron chi connectivity index (χ3n) is 5.20. The van der Waals surface area contributed by atoms with E-state index in [1.165, 1.54) is 22.4 Å². The van der Waals surface area contributed by atoms with Crippen LogP contribution >= 0.6 is 11.6 Å². The van der Waals surface area contributed by atoms with Crippen molar-refractivity contribution in [1.82, 2.24) is 0 Å². The quantitative estimate of drug-likeness (QED) is 0.550. The summed E-state index contributed by atoms with van der Waals surface area (Å²) in [5.41, 5.74) is 8.37. The molecule has 1 aliphatic heterocycles. The highest BCUT2D eigenvalue weighted by atomic mass is 35.5. The predicted octanol–water partition coefficient (Wildman–Crippen LogP) is 6.73. The summed E-state index contributed by atoms with van der Waals surface area (Å²) in [5.74, 6) is 0. The molecule has 2 nitrogen and oxygen atoms in total. The number of anilines is 1. The summed E-state index contributed by atoms with van der Waals surface area (Å²) in [4.78, 5) is 7.16. The van der Waals surface area contributed by atoms with Gasteiger partial charge in [-0.1, -0.05) is 23.7 Å². The molecular formula is C23H27ClN2. The Hall–Kier alpha value is -2.06. The van der Waals surface area contributed by atoms with Gasteiger partial charge in [-0.25, -0.2) is 0 Å². The Morgan fingerprint density at radius 1 is 1.08 bits per heavy atom. The standard InChI is InChI=1S/C23H27ClN2/c1-7-26-22-10-16(3)18(11-20(22)17(4)13-23(26,5)6)14-25-21-12-19(24)9-8-15(21)2/h8-14H,7H2,1-6H3. The highest BCUT2D eigenvalue weighted by Gasteiger charge is 2.30. The molecule has 0 spiro atoms. The van der Waals surface area contributed by atoms with E-state index in [2.05, 4.69) is 64.7 Å². The van der Waals surface area contributed by atoms with Gasteiger partial charge in [-0.2, -0.15) is 0 Å². The molecule has 0 aliphatic carbocycles. The van der Waals surface area contributed by atoms with Crippen LogP contribution in [0.3, 0.4) is 0 Å². The van der Waals surface area contributed by atoms with E-state index < -0.39 is 0 Å². The van der Waals surface area contributed by atoms with Crippen LogP contribution in [0.4, 0.5) is 11.4 Å². The number of likely N-dealkylation sites (N-methyl/N-ethyl adjacent to an activating group) is 1. The molecular weight excluding hydrogens is 340 g/mol. The molecule has 0 radical (unpaired) electrons. The van der Waals surface area contributed by atoms with Gasteiger partial charge in [0, 0.05) is 29.0 Å². The van der Waals surface area contributed by atoms with E-state index in [0.29, 0.717) is 5.02 Å². The molecule has 0 saturated heterocycles. The molecule has 0 unspecified atom stereocenters. The number of halogens is 1. The van der Waals surface area contributed by atoms with Gasteiger partial charge in [-0.3, -0.25) is 4.99 Å². The van der Waals surface area contributed by atoms with Gasteiger partial charge in [-0.15, -0.1) is 0 Å². The maximum absolute atomic E-state index is 6.12. The fourth-order valence-corrected chi connectivity index (χ4v) is 3.99. The van der Waals surface area contributed by atoms with E-state index in [-0.39, 0.29) is 5.54 Å². The zero-order chi connectivity index (χ0) is 19.1. The number of allylic oxidation sites excluding steroid dienone is 1. The Labute approximate surface area is 162 Å². The van der Waals surface area contributed by atoms with Crippen LogP contribution < -0.4 is 4.90 Å². The van der Waals surface area contributed by atoms with Crippen LogP contribution in [-0.2, 0) is 0 Å². The number of hydrogen-bond donors (Lipinski definition) is 0. The summed E-state index contributed by atoms with van der Waals surface area (Å²) in [6.45, 7) is 14.2. The number of aryl methyl sites for hydroxylation is 2. The lowest BCUT2D eigenvalue weighted by atomic mass is 9.87. The Kier molecular flexibility index (Phi) is 4.98. The maximum atomic E-state index is 6.12. The maximum Gasteiger partial charge on any atom is 0.0673 e. The summed E-state index contributed by atoms with van der Waals surface area (Å²) >= 11 is 6.12. The predicted molar refractivity (Wildman–Crippen MR) is 115 cm³/mol. The summed E-state index contributed by atoms with van der Waals surface area (Å²) in [6, 6.07) is 10.4. The molecule has 1 heterocycles. The van der Waals surface area contributed by atoms with Crippen molar-refractivity contribution < 1.29 is 0 Å². The minimum Gasteiger partial charge on any atom is -0.363 e. The Bertz CT molecular complexity index is 907. The zero-order valence-electron chi connectivity index (χ0n) is 16.5. The van der Waals surface area contributed by atoms with Crippen molar-refractivity contribution in [2.75, 3.05) is 11.4 Å². The van der Waals surface area contributed by atoms with E-state index in [4.69, 9.17) is 16.6 Å². The first kappa shape index (κ1) is 18.7. The lowest BCUT2D eigenvalue weighted by molar-refractivity contribution is 0.566. The van der Waals surface area contributed by atoms with Crippen molar-refractivity contribution in [1.29, 1.82) is 0 Å². The Morgan fingerprint density at radius 3 is 2.50 bits per heavy atom. The van der Waals surface area contributed by atoms with E-state index >= 15 is 0 Å². The molecule has 2 aromatic rings. The largest absolute Gasteiger partial charge is 0.363 e. The molecule has 0 bridgehead atoms. The van der Waals surface area contributed by atoms with Gasteiger partial charge in [-0.05, 0) is 88.1 Å². The Morgan fingerprint density at radius 2 is 1.81 bits per heavy atom. The fourth-order valence-electron chi connectivity index (χ4n) is 3.82. The van der Waals surface area contributed by atoms with Crippen molar-refractivity contribution in [2.45, 2.75) is 47.1 Å². The molecule has 0 atom stereocenters. The average Bonchev–Trinajstić information content (AvgIpc) is 2.55. The molecule has 0 N–H and O–H groups in total. The van der Waals surface area contributed by atoms with Gasteiger partial charge in [0.2, 0.25) is 0 Å². The van der Waals surface area contributed by atoms with Crippen LogP contribution in [0.15, 0.2) is 41.4 Å². The van der Waals surface area contributed by atoms with Crippen LogP contribution in [0.5, 0.6) is 0 Å². The first-order valence-corrected chi connectivity index (χ1v) is 9.53. The second-order valence-corrected chi connectivity index (χ2v) is 8.08. The smallest absolute Gasteiger partial charge is 0.0673 e. The first-order chi connectivity index (χ1) is 12.2. The van der Waals surface area contributed by atoms with Crippen molar-refractivity contribution in [3.8, 4) is 0 Å². The molecule has 0 saturated carbocycles. The topological polar surface area (TPSA) is 15.6 Å². The molecule has 0 amide bonds. The van der Waals surface area contributed by atoms with Crippen molar-refractivity contribution >= 4 is 34.8 Å². The SMILES string of the molecule is CCN1c2cc(C)c(C=Nc3cc(Cl)ccc3C)cc2C(C)=CC1(C)C. The lowest BCUT2D eigenvalue weighted by Gasteiger charge is -2.43. The molecule has 3 rings (SSSR count). The van der Waals surface area contributed by atoms with E-state index in [1.807, 2.05) is 24.4 Å². The van der Waals surface area contributed by atoms with Crippen LogP contribution in [0, 0.1) is 13.8 Å². The molecule has 26 heavy (non-hydrogen) atoms. The van der Waals surface area contributed by atoms with Gasteiger partial charge in [0.1, 0.15) is 0 Å². The van der Waals surface area contributed by atoms with Crippen LogP contribution in [0.25, 0.3) is 5.57 Å². The van der Waals surface area contributed by atoms with Crippen LogP contribution in [0.1, 0.15) is 49.9 Å². The minimum absolute atomic E-state index is 0.0335. The Balaban J connectivity index is 2.05. The molecule has 3 heteroatoms. The number of benzene rings is 2. The van der Waals surface area contributed by atoms with Crippen molar-refractivity contribution in [2.24, 2.45) is 4.99 Å². The monoisotopic (exact) mass is 366 g/mol. The molecule has 1 aliphatic rings. The van der Waals surface area contributed by atoms with Gasteiger partial charge < -0.3 is 4.90 Å². The second kappa shape index (κ2) is 6.92. The van der Waals surface area contributed by atoms with Gasteiger partial charge in [0.25, 0.3) is 0 Å². The number of aliphatic imine (C=N–C) groups is 1. The highest BCUT2D eigenvalue weighted by Crippen LogP contribution is 2.40. The number of rotatable bonds is 3. The van der Waals surface area contributed by atoms with Crippen LogP contribution in [-0.4, -0.2) is 18.3 Å². The van der Waals surface area contributed by atoms with E-state index in [1.54, 1.807) is 0 Å². The molecule has 2 aromatic carbocycles. The summed E-state index contributed by atoms with van der Waals surface area (Å²) in [6.07, 6.45) is 4.31. The number of nitrogens with zero attached hydrogens (tertiary/aromatic N) is 2. The first-order valence-electron chi connectivity index (χ1n) is 9.15. The third kappa shape index (κ3) is 3.43. The molecule has 136 valence electrons. The zero-order valence-corrected chi connectivity index (χ0v) is 17.3. The van der Waals surface area contributed by atoms with Crippen molar-refractivity contribution in [3.05, 3.63) is 63.7 Å². The fraction of sp³-hybridized carbons (Fsp3) is 0.348. The molecule has 0 aromatic heterocycles. The second-order valence-electron chi connectivity index (χ2n) is 7.64. The lowest BCUT2D eigenvalue weighted by Crippen LogP contribution is -2.45. The summed E-state index contributed by atoms with van der Waals surface area (Å²) in [5, 5.41) is 0.713. The number of hydrogen-bond acceptors (Lipinski definition) is 2. The summed E-state index contributed by atoms with van der Waals surface area (Å²) < 4.78 is 0. The number of fused-ring (bicyclic) bond motifs is 1. The van der Waals surface area contributed by atoms with Gasteiger partial charge in [0.05, 0.1) is 11.2 Å². The normalized spacial score (nSPS) is 16.0. The summed E-state index contributed by atoms with van der Waals surface area (Å²) in [7, 11) is 0. The minimum atomic E-state index is 0.0335. The average molecular weight is 367 g/mol. The van der Waals surface area contributed by atoms with Gasteiger partial charge in [0.15, 0.2) is 0 Å². The van der Waals surface area contributed by atoms with Crippen molar-refractivity contribution in [3.63, 3.8) is 0 Å². The third-order valence-corrected chi connectivity index (χ3v) is 5.43. The van der Waals surface area contributed by atoms with E-state index in [0.717, 1.165) is 23.4 Å². The van der Waals surface area contributed by atoms with Crippen LogP contribution in [0.2, 0.25) is 5.02 Å². The molecule has 0 fully saturated rings. The van der Waals surface area contributed by atoms with E-state index in [9.17, 15) is 0 Å².